The molecule has 2 amide bonds. The second kappa shape index (κ2) is 7.34. The molecule has 0 unspecified atom stereocenters. The number of aryl methyl sites for hydroxylation is 2. The van der Waals surface area contributed by atoms with E-state index in [-0.39, 0.29) is 17.7 Å². The third-order valence-corrected chi connectivity index (χ3v) is 5.04. The standard InChI is InChI=1S/C19H27N3O2/c1-13-3-4-17(11-14(13)2)20-18(23)12-22-9-7-15(8-10-22)19(24)21-16-5-6-16/h3-4,11,15-16H,5-10,12H2,1-2H3,(H,20,23)(H,21,24). The van der Waals surface area contributed by atoms with Gasteiger partial charge in [-0.3, -0.25) is 14.5 Å². The van der Waals surface area contributed by atoms with E-state index < -0.39 is 0 Å². The normalized spacial score (nSPS) is 19.1. The van der Waals surface area contributed by atoms with E-state index in [0.29, 0.717) is 12.6 Å². The van der Waals surface area contributed by atoms with Gasteiger partial charge in [-0.2, -0.15) is 0 Å². The predicted octanol–water partition coefficient (Wildman–Crippen LogP) is 2.23. The van der Waals surface area contributed by atoms with Crippen molar-refractivity contribution in [3.05, 3.63) is 29.3 Å². The molecule has 0 spiro atoms. The summed E-state index contributed by atoms with van der Waals surface area (Å²) in [4.78, 5) is 26.4. The summed E-state index contributed by atoms with van der Waals surface area (Å²) in [5, 5.41) is 6.05. The van der Waals surface area contributed by atoms with Crippen molar-refractivity contribution in [2.75, 3.05) is 25.0 Å². The molecule has 1 aromatic carbocycles. The smallest absolute Gasteiger partial charge is 0.238 e. The maximum absolute atomic E-state index is 12.2. The average molecular weight is 329 g/mol. The van der Waals surface area contributed by atoms with Gasteiger partial charge in [-0.25, -0.2) is 0 Å². The molecule has 130 valence electrons. The highest BCUT2D eigenvalue weighted by molar-refractivity contribution is 5.92. The van der Waals surface area contributed by atoms with E-state index in [2.05, 4.69) is 22.5 Å². The molecule has 0 bridgehead atoms. The first-order valence-electron chi connectivity index (χ1n) is 8.91. The highest BCUT2D eigenvalue weighted by Crippen LogP contribution is 2.22. The van der Waals surface area contributed by atoms with Gasteiger partial charge in [-0.05, 0) is 75.9 Å². The van der Waals surface area contributed by atoms with Crippen LogP contribution in [0.25, 0.3) is 0 Å². The molecule has 24 heavy (non-hydrogen) atoms. The topological polar surface area (TPSA) is 61.4 Å². The van der Waals surface area contributed by atoms with Gasteiger partial charge in [0.2, 0.25) is 11.8 Å². The molecule has 1 aliphatic heterocycles. The summed E-state index contributed by atoms with van der Waals surface area (Å²) in [6, 6.07) is 6.39. The van der Waals surface area contributed by atoms with Crippen LogP contribution >= 0.6 is 0 Å². The van der Waals surface area contributed by atoms with Gasteiger partial charge in [0.15, 0.2) is 0 Å². The van der Waals surface area contributed by atoms with Gasteiger partial charge in [0, 0.05) is 17.6 Å². The lowest BCUT2D eigenvalue weighted by atomic mass is 9.96. The molecule has 0 radical (unpaired) electrons. The summed E-state index contributed by atoms with van der Waals surface area (Å²) in [7, 11) is 0. The molecular formula is C19H27N3O2. The fourth-order valence-corrected chi connectivity index (χ4v) is 3.12. The van der Waals surface area contributed by atoms with Crippen molar-refractivity contribution in [1.29, 1.82) is 0 Å². The van der Waals surface area contributed by atoms with Crippen molar-refractivity contribution in [3.8, 4) is 0 Å². The lowest BCUT2D eigenvalue weighted by molar-refractivity contribution is -0.126. The second-order valence-electron chi connectivity index (χ2n) is 7.18. The van der Waals surface area contributed by atoms with Crippen LogP contribution in [0.3, 0.4) is 0 Å². The Hall–Kier alpha value is -1.88. The van der Waals surface area contributed by atoms with Crippen LogP contribution in [0.5, 0.6) is 0 Å². The lowest BCUT2D eigenvalue weighted by Crippen LogP contribution is -2.43. The van der Waals surface area contributed by atoms with Crippen LogP contribution in [0.4, 0.5) is 5.69 Å². The van der Waals surface area contributed by atoms with Crippen LogP contribution in [0.1, 0.15) is 36.8 Å². The molecule has 1 aromatic rings. The number of nitrogens with one attached hydrogen (secondary N) is 2. The number of hydrogen-bond acceptors (Lipinski definition) is 3. The highest BCUT2D eigenvalue weighted by atomic mass is 16.2. The summed E-state index contributed by atoms with van der Waals surface area (Å²) >= 11 is 0. The van der Waals surface area contributed by atoms with Gasteiger partial charge < -0.3 is 10.6 Å². The minimum Gasteiger partial charge on any atom is -0.353 e. The maximum Gasteiger partial charge on any atom is 0.238 e. The van der Waals surface area contributed by atoms with E-state index >= 15 is 0 Å². The fraction of sp³-hybridized carbons (Fsp3) is 0.579. The van der Waals surface area contributed by atoms with E-state index in [0.717, 1.165) is 44.5 Å². The van der Waals surface area contributed by atoms with Gasteiger partial charge in [0.1, 0.15) is 0 Å². The Morgan fingerprint density at radius 1 is 1.08 bits per heavy atom. The van der Waals surface area contributed by atoms with Crippen molar-refractivity contribution in [2.24, 2.45) is 5.92 Å². The minimum absolute atomic E-state index is 0.0131. The van der Waals surface area contributed by atoms with Crippen molar-refractivity contribution in [2.45, 2.75) is 45.6 Å². The van der Waals surface area contributed by atoms with Crippen molar-refractivity contribution >= 4 is 17.5 Å². The summed E-state index contributed by atoms with van der Waals surface area (Å²) in [5.41, 5.74) is 3.25. The van der Waals surface area contributed by atoms with Gasteiger partial charge in [0.05, 0.1) is 6.54 Å². The number of benzene rings is 1. The monoisotopic (exact) mass is 329 g/mol. The van der Waals surface area contributed by atoms with Crippen molar-refractivity contribution in [1.82, 2.24) is 10.2 Å². The third-order valence-electron chi connectivity index (χ3n) is 5.04. The molecular weight excluding hydrogens is 302 g/mol. The van der Waals surface area contributed by atoms with E-state index in [9.17, 15) is 9.59 Å². The molecule has 0 aromatic heterocycles. The van der Waals surface area contributed by atoms with E-state index in [1.165, 1.54) is 11.1 Å². The molecule has 1 aliphatic carbocycles. The molecule has 2 aliphatic rings. The maximum atomic E-state index is 12.2. The molecule has 1 saturated carbocycles. The number of hydrogen-bond donors (Lipinski definition) is 2. The van der Waals surface area contributed by atoms with Crippen LogP contribution in [0.2, 0.25) is 0 Å². The Morgan fingerprint density at radius 2 is 1.79 bits per heavy atom. The number of rotatable bonds is 5. The minimum atomic E-state index is 0.0131. The van der Waals surface area contributed by atoms with E-state index in [4.69, 9.17) is 0 Å². The molecule has 5 heteroatoms. The average Bonchev–Trinajstić information content (AvgIpc) is 3.35. The Kier molecular flexibility index (Phi) is 5.19. The molecule has 5 nitrogen and oxygen atoms in total. The Balaban J connectivity index is 1.42. The third kappa shape index (κ3) is 4.57. The first kappa shape index (κ1) is 17.0. The number of likely N-dealkylation sites (tertiary alicyclic amines) is 1. The molecule has 2 N–H and O–H groups in total. The SMILES string of the molecule is Cc1ccc(NC(=O)CN2CCC(C(=O)NC3CC3)CC2)cc1C. The number of nitrogens with zero attached hydrogens (tertiary/aromatic N) is 1. The molecule has 2 fully saturated rings. The first-order chi connectivity index (χ1) is 11.5. The second-order valence-corrected chi connectivity index (χ2v) is 7.18. The zero-order valence-corrected chi connectivity index (χ0v) is 14.6. The van der Waals surface area contributed by atoms with Crippen LogP contribution in [0, 0.1) is 19.8 Å². The quantitative estimate of drug-likeness (QED) is 0.871. The van der Waals surface area contributed by atoms with Crippen molar-refractivity contribution in [3.63, 3.8) is 0 Å². The van der Waals surface area contributed by atoms with E-state index in [1.807, 2.05) is 25.1 Å². The number of carbonyl (C=O) groups is 2. The van der Waals surface area contributed by atoms with Gasteiger partial charge in [-0.1, -0.05) is 6.07 Å². The van der Waals surface area contributed by atoms with Gasteiger partial charge >= 0.3 is 0 Å². The molecule has 0 atom stereocenters. The van der Waals surface area contributed by atoms with Crippen LogP contribution in [-0.4, -0.2) is 42.4 Å². The summed E-state index contributed by atoms with van der Waals surface area (Å²) < 4.78 is 0. The fourth-order valence-electron chi connectivity index (χ4n) is 3.12. The van der Waals surface area contributed by atoms with Crippen LogP contribution in [0.15, 0.2) is 18.2 Å². The highest BCUT2D eigenvalue weighted by Gasteiger charge is 2.30. The number of amides is 2. The molecule has 3 rings (SSSR count). The zero-order valence-electron chi connectivity index (χ0n) is 14.6. The lowest BCUT2D eigenvalue weighted by Gasteiger charge is -2.30. The van der Waals surface area contributed by atoms with E-state index in [1.54, 1.807) is 0 Å². The van der Waals surface area contributed by atoms with Gasteiger partial charge in [-0.15, -0.1) is 0 Å². The summed E-state index contributed by atoms with van der Waals surface area (Å²) in [5.74, 6) is 0.334. The molecule has 1 heterocycles. The number of carbonyl (C=O) groups excluding carboxylic acids is 2. The van der Waals surface area contributed by atoms with Crippen LogP contribution < -0.4 is 10.6 Å². The van der Waals surface area contributed by atoms with Gasteiger partial charge in [0.25, 0.3) is 0 Å². The first-order valence-corrected chi connectivity index (χ1v) is 8.91. The summed E-state index contributed by atoms with van der Waals surface area (Å²) in [6.07, 6.45) is 3.94. The molecule has 1 saturated heterocycles. The Labute approximate surface area is 143 Å². The number of piperidine rings is 1. The van der Waals surface area contributed by atoms with Crippen LogP contribution in [-0.2, 0) is 9.59 Å². The number of anilines is 1. The van der Waals surface area contributed by atoms with Crippen molar-refractivity contribution < 1.29 is 9.59 Å². The predicted molar refractivity (Wildman–Crippen MR) is 94.9 cm³/mol. The Morgan fingerprint density at radius 3 is 2.42 bits per heavy atom. The summed E-state index contributed by atoms with van der Waals surface area (Å²) in [6.45, 7) is 6.11. The largest absolute Gasteiger partial charge is 0.353 e. The Bertz CT molecular complexity index is 617. The zero-order chi connectivity index (χ0) is 17.1.